The number of nitrogens with zero attached hydrogens (tertiary/aromatic N) is 1. The van der Waals surface area contributed by atoms with E-state index in [9.17, 15) is 9.90 Å². The number of aliphatic hydroxyl groups excluding tert-OH is 1. The highest BCUT2D eigenvalue weighted by atomic mass is 16.5. The molecule has 0 saturated heterocycles. The van der Waals surface area contributed by atoms with Gasteiger partial charge in [0.2, 0.25) is 5.91 Å². The van der Waals surface area contributed by atoms with Crippen LogP contribution in [-0.4, -0.2) is 49.3 Å². The Morgan fingerprint density at radius 2 is 2.06 bits per heavy atom. The summed E-state index contributed by atoms with van der Waals surface area (Å²) < 4.78 is 4.81. The molecule has 0 aromatic heterocycles. The number of aliphatic hydroxyl groups is 1. The number of carbonyl (C=O) groups excluding carboxylic acids is 1. The number of carbonyl (C=O) groups is 1. The molecule has 100 valence electrons. The van der Waals surface area contributed by atoms with Gasteiger partial charge in [-0.3, -0.25) is 4.79 Å². The number of benzene rings is 1. The van der Waals surface area contributed by atoms with Gasteiger partial charge in [0.1, 0.15) is 6.04 Å². The molecule has 5 heteroatoms. The number of methoxy groups -OCH3 is 1. The summed E-state index contributed by atoms with van der Waals surface area (Å²) in [5, 5.41) is 9.56. The number of rotatable bonds is 6. The summed E-state index contributed by atoms with van der Waals surface area (Å²) in [6, 6.07) is 8.45. The highest BCUT2D eigenvalue weighted by Crippen LogP contribution is 2.12. The monoisotopic (exact) mass is 252 g/mol. The predicted molar refractivity (Wildman–Crippen MR) is 68.9 cm³/mol. The van der Waals surface area contributed by atoms with E-state index in [0.29, 0.717) is 0 Å². The minimum atomic E-state index is -0.703. The van der Waals surface area contributed by atoms with E-state index in [2.05, 4.69) is 0 Å². The number of hydrogen-bond donors (Lipinski definition) is 2. The zero-order chi connectivity index (χ0) is 13.5. The molecule has 0 radical (unpaired) electrons. The molecule has 18 heavy (non-hydrogen) atoms. The van der Waals surface area contributed by atoms with Crippen molar-refractivity contribution in [2.45, 2.75) is 12.1 Å². The van der Waals surface area contributed by atoms with Crippen LogP contribution in [0.2, 0.25) is 0 Å². The summed E-state index contributed by atoms with van der Waals surface area (Å²) in [5.74, 6) is -0.226. The van der Waals surface area contributed by atoms with E-state index in [1.54, 1.807) is 7.05 Å². The molecule has 1 aromatic carbocycles. The standard InChI is InChI=1S/C13H20N2O3/c1-15(8-11(16)9-18-2)13(17)12(14)10-6-4-3-5-7-10/h3-7,11-12,16H,8-9,14H2,1-2H3/t11?,12-/m1/s1. The van der Waals surface area contributed by atoms with Gasteiger partial charge in [0.05, 0.1) is 12.7 Å². The lowest BCUT2D eigenvalue weighted by Gasteiger charge is -2.23. The van der Waals surface area contributed by atoms with Crippen LogP contribution in [0, 0.1) is 0 Å². The molecule has 3 N–H and O–H groups in total. The Kier molecular flexibility index (Phi) is 5.77. The van der Waals surface area contributed by atoms with Crippen LogP contribution in [0.5, 0.6) is 0 Å². The van der Waals surface area contributed by atoms with Crippen molar-refractivity contribution in [2.75, 3.05) is 27.3 Å². The van der Waals surface area contributed by atoms with Gasteiger partial charge in [-0.05, 0) is 5.56 Å². The van der Waals surface area contributed by atoms with Crippen LogP contribution < -0.4 is 5.73 Å². The second-order valence-corrected chi connectivity index (χ2v) is 4.22. The first-order chi connectivity index (χ1) is 8.56. The minimum Gasteiger partial charge on any atom is -0.389 e. The molecule has 0 bridgehead atoms. The van der Waals surface area contributed by atoms with Gasteiger partial charge in [-0.1, -0.05) is 30.3 Å². The molecule has 0 heterocycles. The maximum absolute atomic E-state index is 12.0. The number of nitrogens with two attached hydrogens (primary N) is 1. The summed E-state index contributed by atoms with van der Waals surface area (Å²) in [6.07, 6.45) is -0.702. The lowest BCUT2D eigenvalue weighted by molar-refractivity contribution is -0.133. The summed E-state index contributed by atoms with van der Waals surface area (Å²) in [7, 11) is 3.12. The van der Waals surface area contributed by atoms with Crippen molar-refractivity contribution >= 4 is 5.91 Å². The van der Waals surface area contributed by atoms with Gasteiger partial charge < -0.3 is 20.5 Å². The van der Waals surface area contributed by atoms with E-state index < -0.39 is 12.1 Å². The fourth-order valence-electron chi connectivity index (χ4n) is 1.69. The third kappa shape index (κ3) is 4.10. The molecular formula is C13H20N2O3. The van der Waals surface area contributed by atoms with Crippen LogP contribution in [-0.2, 0) is 9.53 Å². The zero-order valence-corrected chi connectivity index (χ0v) is 10.7. The van der Waals surface area contributed by atoms with Crippen LogP contribution in [0.25, 0.3) is 0 Å². The molecule has 1 aromatic rings. The largest absolute Gasteiger partial charge is 0.389 e. The van der Waals surface area contributed by atoms with E-state index >= 15 is 0 Å². The molecule has 0 fully saturated rings. The van der Waals surface area contributed by atoms with Crippen molar-refractivity contribution in [1.82, 2.24) is 4.90 Å². The van der Waals surface area contributed by atoms with E-state index in [1.165, 1.54) is 12.0 Å². The van der Waals surface area contributed by atoms with Crippen LogP contribution in [0.4, 0.5) is 0 Å². The fraction of sp³-hybridized carbons (Fsp3) is 0.462. The first kappa shape index (κ1) is 14.6. The quantitative estimate of drug-likeness (QED) is 0.756. The summed E-state index contributed by atoms with van der Waals surface area (Å²) >= 11 is 0. The van der Waals surface area contributed by atoms with Crippen molar-refractivity contribution in [3.8, 4) is 0 Å². The Bertz CT molecular complexity index is 370. The van der Waals surface area contributed by atoms with E-state index in [4.69, 9.17) is 10.5 Å². The van der Waals surface area contributed by atoms with Crippen LogP contribution >= 0.6 is 0 Å². The zero-order valence-electron chi connectivity index (χ0n) is 10.7. The van der Waals surface area contributed by atoms with Gasteiger partial charge in [0.15, 0.2) is 0 Å². The van der Waals surface area contributed by atoms with Gasteiger partial charge in [-0.25, -0.2) is 0 Å². The second-order valence-electron chi connectivity index (χ2n) is 4.22. The molecule has 0 spiro atoms. The fourth-order valence-corrected chi connectivity index (χ4v) is 1.69. The Morgan fingerprint density at radius 3 is 2.61 bits per heavy atom. The van der Waals surface area contributed by atoms with Gasteiger partial charge >= 0.3 is 0 Å². The van der Waals surface area contributed by atoms with Gasteiger partial charge in [-0.15, -0.1) is 0 Å². The van der Waals surface area contributed by atoms with Crippen LogP contribution in [0.1, 0.15) is 11.6 Å². The molecule has 1 unspecified atom stereocenters. The third-order valence-corrected chi connectivity index (χ3v) is 2.64. The molecule has 0 aliphatic rings. The number of hydrogen-bond acceptors (Lipinski definition) is 4. The molecule has 0 saturated carbocycles. The van der Waals surface area contributed by atoms with Crippen molar-refractivity contribution in [3.63, 3.8) is 0 Å². The average molecular weight is 252 g/mol. The molecule has 1 amide bonds. The number of amides is 1. The highest BCUT2D eigenvalue weighted by Gasteiger charge is 2.21. The molecule has 0 aliphatic carbocycles. The van der Waals surface area contributed by atoms with E-state index in [1.807, 2.05) is 30.3 Å². The Morgan fingerprint density at radius 1 is 1.44 bits per heavy atom. The third-order valence-electron chi connectivity index (χ3n) is 2.64. The molecular weight excluding hydrogens is 232 g/mol. The topological polar surface area (TPSA) is 75.8 Å². The molecule has 2 atom stereocenters. The maximum Gasteiger partial charge on any atom is 0.243 e. The van der Waals surface area contributed by atoms with Crippen LogP contribution in [0.15, 0.2) is 30.3 Å². The minimum absolute atomic E-state index is 0.193. The number of likely N-dealkylation sites (N-methyl/N-ethyl adjacent to an activating group) is 1. The lowest BCUT2D eigenvalue weighted by atomic mass is 10.1. The Balaban J connectivity index is 2.58. The normalized spacial score (nSPS) is 14.0. The number of ether oxygens (including phenoxy) is 1. The summed E-state index contributed by atoms with van der Waals surface area (Å²) in [4.78, 5) is 13.5. The smallest absolute Gasteiger partial charge is 0.243 e. The first-order valence-electron chi connectivity index (χ1n) is 5.78. The molecule has 1 rings (SSSR count). The van der Waals surface area contributed by atoms with Gasteiger partial charge in [0, 0.05) is 20.7 Å². The van der Waals surface area contributed by atoms with Crippen molar-refractivity contribution in [2.24, 2.45) is 5.73 Å². The van der Waals surface area contributed by atoms with E-state index in [0.717, 1.165) is 5.56 Å². The first-order valence-corrected chi connectivity index (χ1v) is 5.78. The highest BCUT2D eigenvalue weighted by molar-refractivity contribution is 5.82. The maximum atomic E-state index is 12.0. The Labute approximate surface area is 107 Å². The van der Waals surface area contributed by atoms with Gasteiger partial charge in [0.25, 0.3) is 0 Å². The van der Waals surface area contributed by atoms with E-state index in [-0.39, 0.29) is 19.1 Å². The van der Waals surface area contributed by atoms with Crippen molar-refractivity contribution < 1.29 is 14.6 Å². The Hall–Kier alpha value is -1.43. The summed E-state index contributed by atoms with van der Waals surface area (Å²) in [5.41, 5.74) is 6.64. The summed E-state index contributed by atoms with van der Waals surface area (Å²) in [6.45, 7) is 0.394. The average Bonchev–Trinajstić information content (AvgIpc) is 2.38. The molecule has 5 nitrogen and oxygen atoms in total. The molecule has 0 aliphatic heterocycles. The van der Waals surface area contributed by atoms with Crippen molar-refractivity contribution in [3.05, 3.63) is 35.9 Å². The predicted octanol–water partition coefficient (Wildman–Crippen LogP) is 0.152. The lowest BCUT2D eigenvalue weighted by Crippen LogP contribution is -2.41. The van der Waals surface area contributed by atoms with Crippen LogP contribution in [0.3, 0.4) is 0 Å². The SMILES string of the molecule is COCC(O)CN(C)C(=O)[C@H](N)c1ccccc1. The van der Waals surface area contributed by atoms with Crippen molar-refractivity contribution in [1.29, 1.82) is 0 Å². The van der Waals surface area contributed by atoms with Gasteiger partial charge in [-0.2, -0.15) is 0 Å². The second kappa shape index (κ2) is 7.10.